The number of thioether (sulfide) groups is 1. The lowest BCUT2D eigenvalue weighted by Gasteiger charge is -1.99. The lowest BCUT2D eigenvalue weighted by atomic mass is 10.2. The van der Waals surface area contributed by atoms with Gasteiger partial charge < -0.3 is 5.11 Å². The van der Waals surface area contributed by atoms with Gasteiger partial charge >= 0.3 is 0 Å². The average molecular weight is 168 g/mol. The van der Waals surface area contributed by atoms with Gasteiger partial charge in [-0.25, -0.2) is 0 Å². The Bertz CT molecular complexity index is 271. The van der Waals surface area contributed by atoms with E-state index in [0.717, 1.165) is 4.90 Å². The zero-order valence-electron chi connectivity index (χ0n) is 6.07. The summed E-state index contributed by atoms with van der Waals surface area (Å²) in [6.07, 6.45) is 2.58. The van der Waals surface area contributed by atoms with Gasteiger partial charge in [-0.05, 0) is 18.4 Å². The lowest BCUT2D eigenvalue weighted by Crippen LogP contribution is -1.79. The van der Waals surface area contributed by atoms with E-state index < -0.39 is 0 Å². The molecule has 0 aromatic heterocycles. The third-order valence-electron chi connectivity index (χ3n) is 1.34. The van der Waals surface area contributed by atoms with Crippen molar-refractivity contribution in [1.82, 2.24) is 0 Å². The smallest absolute Gasteiger partial charge is 0.150 e. The fourth-order valence-electron chi connectivity index (χ4n) is 0.780. The third kappa shape index (κ3) is 1.74. The largest absolute Gasteiger partial charge is 0.507 e. The van der Waals surface area contributed by atoms with Crippen LogP contribution in [0.15, 0.2) is 23.1 Å². The van der Waals surface area contributed by atoms with Gasteiger partial charge in [0.2, 0.25) is 0 Å². The summed E-state index contributed by atoms with van der Waals surface area (Å²) < 4.78 is 0. The second-order valence-electron chi connectivity index (χ2n) is 2.05. The zero-order chi connectivity index (χ0) is 8.27. The second-order valence-corrected chi connectivity index (χ2v) is 2.90. The maximum atomic E-state index is 10.2. The van der Waals surface area contributed by atoms with E-state index in [1.165, 1.54) is 17.8 Å². The molecule has 0 radical (unpaired) electrons. The Hall–Kier alpha value is -0.960. The van der Waals surface area contributed by atoms with Crippen molar-refractivity contribution in [3.8, 4) is 5.75 Å². The summed E-state index contributed by atoms with van der Waals surface area (Å²) in [7, 11) is 0. The molecule has 0 unspecified atom stereocenters. The summed E-state index contributed by atoms with van der Waals surface area (Å²) in [5.41, 5.74) is 0.500. The Morgan fingerprint density at radius 2 is 2.27 bits per heavy atom. The summed E-state index contributed by atoms with van der Waals surface area (Å²) >= 11 is 1.45. The highest BCUT2D eigenvalue weighted by Gasteiger charge is 1.99. The molecule has 0 saturated heterocycles. The standard InChI is InChI=1S/C8H8O2S/c1-11-8-3-2-6(5-9)4-7(8)10/h2-5,10H,1H3. The van der Waals surface area contributed by atoms with Gasteiger partial charge in [-0.15, -0.1) is 11.8 Å². The molecule has 0 bridgehead atoms. The van der Waals surface area contributed by atoms with E-state index in [-0.39, 0.29) is 5.75 Å². The minimum absolute atomic E-state index is 0.169. The average Bonchev–Trinajstić information content (AvgIpc) is 2.04. The SMILES string of the molecule is CSc1ccc(C=O)cc1O. The van der Waals surface area contributed by atoms with Gasteiger partial charge in [0.05, 0.1) is 0 Å². The fraction of sp³-hybridized carbons (Fsp3) is 0.125. The van der Waals surface area contributed by atoms with Crippen LogP contribution in [0, 0.1) is 0 Å². The van der Waals surface area contributed by atoms with Crippen LogP contribution >= 0.6 is 11.8 Å². The van der Waals surface area contributed by atoms with E-state index in [2.05, 4.69) is 0 Å². The quantitative estimate of drug-likeness (QED) is 0.541. The maximum Gasteiger partial charge on any atom is 0.150 e. The van der Waals surface area contributed by atoms with E-state index in [9.17, 15) is 9.90 Å². The Labute approximate surface area is 69.2 Å². The summed E-state index contributed by atoms with van der Waals surface area (Å²) in [5.74, 6) is 0.169. The van der Waals surface area contributed by atoms with Crippen molar-refractivity contribution >= 4 is 18.0 Å². The lowest BCUT2D eigenvalue weighted by molar-refractivity contribution is 0.112. The molecule has 0 aliphatic heterocycles. The van der Waals surface area contributed by atoms with Crippen LogP contribution in [-0.4, -0.2) is 17.6 Å². The molecule has 1 aromatic carbocycles. The third-order valence-corrected chi connectivity index (χ3v) is 2.12. The molecular weight excluding hydrogens is 160 g/mol. The van der Waals surface area contributed by atoms with Crippen LogP contribution in [0.1, 0.15) is 10.4 Å². The van der Waals surface area contributed by atoms with E-state index >= 15 is 0 Å². The number of aromatic hydroxyl groups is 1. The van der Waals surface area contributed by atoms with Gasteiger partial charge in [0.1, 0.15) is 12.0 Å². The van der Waals surface area contributed by atoms with Crippen LogP contribution < -0.4 is 0 Å². The van der Waals surface area contributed by atoms with Crippen molar-refractivity contribution in [2.75, 3.05) is 6.26 Å². The highest BCUT2D eigenvalue weighted by atomic mass is 32.2. The molecule has 0 saturated carbocycles. The molecule has 0 amide bonds. The molecule has 0 spiro atoms. The maximum absolute atomic E-state index is 10.2. The number of benzene rings is 1. The van der Waals surface area contributed by atoms with E-state index in [4.69, 9.17) is 0 Å². The zero-order valence-corrected chi connectivity index (χ0v) is 6.89. The predicted octanol–water partition coefficient (Wildman–Crippen LogP) is 1.93. The molecule has 0 atom stereocenters. The Balaban J connectivity index is 3.09. The summed E-state index contributed by atoms with van der Waals surface area (Å²) in [6.45, 7) is 0. The first-order valence-corrected chi connectivity index (χ1v) is 4.32. The fourth-order valence-corrected chi connectivity index (χ4v) is 1.25. The molecule has 1 N–H and O–H groups in total. The van der Waals surface area contributed by atoms with Crippen molar-refractivity contribution in [1.29, 1.82) is 0 Å². The topological polar surface area (TPSA) is 37.3 Å². The number of carbonyl (C=O) groups excluding carboxylic acids is 1. The molecule has 0 aliphatic carbocycles. The number of phenols is 1. The van der Waals surface area contributed by atoms with E-state index in [1.807, 2.05) is 6.26 Å². The van der Waals surface area contributed by atoms with Crippen LogP contribution in [-0.2, 0) is 0 Å². The molecule has 0 aliphatic rings. The van der Waals surface area contributed by atoms with Crippen LogP contribution in [0.2, 0.25) is 0 Å². The molecule has 11 heavy (non-hydrogen) atoms. The van der Waals surface area contributed by atoms with Crippen LogP contribution in [0.4, 0.5) is 0 Å². The van der Waals surface area contributed by atoms with Gasteiger partial charge in [0.15, 0.2) is 0 Å². The predicted molar refractivity (Wildman–Crippen MR) is 45.3 cm³/mol. The minimum atomic E-state index is 0.169. The van der Waals surface area contributed by atoms with Gasteiger partial charge in [-0.2, -0.15) is 0 Å². The molecule has 3 heteroatoms. The molecule has 1 aromatic rings. The normalized spacial score (nSPS) is 9.55. The van der Waals surface area contributed by atoms with Crippen LogP contribution in [0.3, 0.4) is 0 Å². The first-order chi connectivity index (χ1) is 5.27. The number of carbonyl (C=O) groups is 1. The van der Waals surface area contributed by atoms with E-state index in [0.29, 0.717) is 11.8 Å². The highest BCUT2D eigenvalue weighted by Crippen LogP contribution is 2.26. The molecule has 2 nitrogen and oxygen atoms in total. The first-order valence-electron chi connectivity index (χ1n) is 3.10. The summed E-state index contributed by atoms with van der Waals surface area (Å²) in [4.78, 5) is 11.0. The minimum Gasteiger partial charge on any atom is -0.507 e. The summed E-state index contributed by atoms with van der Waals surface area (Å²) in [6, 6.07) is 4.86. The van der Waals surface area contributed by atoms with Crippen molar-refractivity contribution in [2.45, 2.75) is 4.90 Å². The molecular formula is C8H8O2S. The second kappa shape index (κ2) is 3.44. The van der Waals surface area contributed by atoms with Crippen molar-refractivity contribution in [2.24, 2.45) is 0 Å². The van der Waals surface area contributed by atoms with Crippen LogP contribution in [0.5, 0.6) is 5.75 Å². The highest BCUT2D eigenvalue weighted by molar-refractivity contribution is 7.98. The molecule has 0 fully saturated rings. The Morgan fingerprint density at radius 1 is 1.55 bits per heavy atom. The Kier molecular flexibility index (Phi) is 2.54. The van der Waals surface area contributed by atoms with Crippen molar-refractivity contribution in [3.05, 3.63) is 23.8 Å². The first kappa shape index (κ1) is 8.14. The van der Waals surface area contributed by atoms with Gasteiger partial charge in [-0.3, -0.25) is 4.79 Å². The number of aldehydes is 1. The van der Waals surface area contributed by atoms with Gasteiger partial charge in [-0.1, -0.05) is 6.07 Å². The number of hydrogen-bond acceptors (Lipinski definition) is 3. The summed E-state index contributed by atoms with van der Waals surface area (Å²) in [5, 5.41) is 9.24. The molecule has 0 heterocycles. The molecule has 58 valence electrons. The van der Waals surface area contributed by atoms with Crippen LogP contribution in [0.25, 0.3) is 0 Å². The van der Waals surface area contributed by atoms with Gasteiger partial charge in [0.25, 0.3) is 0 Å². The Morgan fingerprint density at radius 3 is 2.73 bits per heavy atom. The van der Waals surface area contributed by atoms with Crippen molar-refractivity contribution in [3.63, 3.8) is 0 Å². The number of phenolic OH excluding ortho intramolecular Hbond substituents is 1. The monoisotopic (exact) mass is 168 g/mol. The van der Waals surface area contributed by atoms with Gasteiger partial charge in [0, 0.05) is 10.5 Å². The van der Waals surface area contributed by atoms with E-state index in [1.54, 1.807) is 12.1 Å². The number of rotatable bonds is 2. The molecule has 1 rings (SSSR count). The number of hydrogen-bond donors (Lipinski definition) is 1. The van der Waals surface area contributed by atoms with Crippen molar-refractivity contribution < 1.29 is 9.90 Å².